The molecule has 6 heteroatoms. The number of nitro benzene ring substituents is 1. The first-order valence-electron chi connectivity index (χ1n) is 6.96. The maximum absolute atomic E-state index is 12.5. The molecule has 6 nitrogen and oxygen atoms in total. The number of anilines is 1. The van der Waals surface area contributed by atoms with E-state index < -0.39 is 4.92 Å². The number of amides is 1. The van der Waals surface area contributed by atoms with E-state index in [0.717, 1.165) is 5.39 Å². The highest BCUT2D eigenvalue weighted by Gasteiger charge is 2.15. The van der Waals surface area contributed by atoms with Gasteiger partial charge in [-0.3, -0.25) is 19.9 Å². The highest BCUT2D eigenvalue weighted by atomic mass is 16.6. The summed E-state index contributed by atoms with van der Waals surface area (Å²) in [7, 11) is 0. The lowest BCUT2D eigenvalue weighted by Gasteiger charge is -2.08. The maximum atomic E-state index is 12.5. The highest BCUT2D eigenvalue weighted by Crippen LogP contribution is 2.23. The normalized spacial score (nSPS) is 10.5. The molecule has 1 amide bonds. The molecule has 114 valence electrons. The number of fused-ring (bicyclic) bond motifs is 1. The summed E-state index contributed by atoms with van der Waals surface area (Å²) in [4.78, 5) is 27.2. The van der Waals surface area contributed by atoms with E-state index in [1.54, 1.807) is 43.5 Å². The van der Waals surface area contributed by atoms with Gasteiger partial charge in [-0.15, -0.1) is 0 Å². The number of nitrogens with one attached hydrogen (secondary N) is 1. The monoisotopic (exact) mass is 307 g/mol. The molecule has 0 fully saturated rings. The number of para-hydroxylation sites is 1. The van der Waals surface area contributed by atoms with Crippen LogP contribution in [0.15, 0.2) is 54.7 Å². The Balaban J connectivity index is 1.95. The zero-order valence-electron chi connectivity index (χ0n) is 12.3. The Morgan fingerprint density at radius 1 is 1.17 bits per heavy atom. The molecule has 1 aromatic heterocycles. The molecule has 0 radical (unpaired) electrons. The second-order valence-corrected chi connectivity index (χ2v) is 5.09. The fraction of sp³-hybridized carbons (Fsp3) is 0.0588. The fourth-order valence-electron chi connectivity index (χ4n) is 2.37. The summed E-state index contributed by atoms with van der Waals surface area (Å²) in [5, 5.41) is 14.5. The van der Waals surface area contributed by atoms with Crippen molar-refractivity contribution >= 4 is 28.2 Å². The second kappa shape index (κ2) is 5.84. The zero-order chi connectivity index (χ0) is 16.4. The number of aryl methyl sites for hydroxylation is 1. The summed E-state index contributed by atoms with van der Waals surface area (Å²) in [5.41, 5.74) is 1.90. The van der Waals surface area contributed by atoms with Gasteiger partial charge in [0, 0.05) is 28.9 Å². The molecule has 0 unspecified atom stereocenters. The number of hydrogen-bond donors (Lipinski definition) is 1. The Morgan fingerprint density at radius 2 is 1.96 bits per heavy atom. The molecule has 0 saturated carbocycles. The molecular formula is C17H13N3O3. The van der Waals surface area contributed by atoms with E-state index in [1.807, 2.05) is 12.1 Å². The molecule has 0 bridgehead atoms. The summed E-state index contributed by atoms with van der Waals surface area (Å²) in [6.45, 7) is 1.65. The van der Waals surface area contributed by atoms with Gasteiger partial charge in [-0.2, -0.15) is 0 Å². The molecule has 1 N–H and O–H groups in total. The van der Waals surface area contributed by atoms with E-state index in [4.69, 9.17) is 0 Å². The van der Waals surface area contributed by atoms with E-state index in [1.165, 1.54) is 6.07 Å². The lowest BCUT2D eigenvalue weighted by molar-refractivity contribution is -0.385. The lowest BCUT2D eigenvalue weighted by Crippen LogP contribution is -2.13. The number of pyridine rings is 1. The summed E-state index contributed by atoms with van der Waals surface area (Å²) in [6.07, 6.45) is 1.62. The molecule has 23 heavy (non-hydrogen) atoms. The van der Waals surface area contributed by atoms with Crippen molar-refractivity contribution in [1.82, 2.24) is 4.98 Å². The van der Waals surface area contributed by atoms with E-state index >= 15 is 0 Å². The SMILES string of the molecule is Cc1ccc(NC(=O)c2cccc3cccnc23)cc1[N+](=O)[O-]. The minimum Gasteiger partial charge on any atom is -0.322 e. The third-order valence-electron chi connectivity index (χ3n) is 3.54. The first-order valence-corrected chi connectivity index (χ1v) is 6.96. The van der Waals surface area contributed by atoms with Crippen LogP contribution < -0.4 is 5.32 Å². The standard InChI is InChI=1S/C17H13N3O3/c1-11-7-8-13(10-15(11)20(22)23)19-17(21)14-6-2-4-12-5-3-9-18-16(12)14/h2-10H,1H3,(H,19,21). The fourth-order valence-corrected chi connectivity index (χ4v) is 2.37. The van der Waals surface area contributed by atoms with E-state index in [2.05, 4.69) is 10.3 Å². The number of carbonyl (C=O) groups is 1. The van der Waals surface area contributed by atoms with Gasteiger partial charge in [-0.25, -0.2) is 0 Å². The number of aromatic nitrogens is 1. The van der Waals surface area contributed by atoms with Crippen molar-refractivity contribution in [1.29, 1.82) is 0 Å². The molecule has 1 heterocycles. The number of nitro groups is 1. The molecule has 3 aromatic rings. The Morgan fingerprint density at radius 3 is 2.74 bits per heavy atom. The highest BCUT2D eigenvalue weighted by molar-refractivity contribution is 6.11. The number of rotatable bonds is 3. The third kappa shape index (κ3) is 2.87. The Bertz CT molecular complexity index is 917. The van der Waals surface area contributed by atoms with Gasteiger partial charge in [0.05, 0.1) is 16.0 Å². The van der Waals surface area contributed by atoms with Crippen molar-refractivity contribution in [2.75, 3.05) is 5.32 Å². The average molecular weight is 307 g/mol. The predicted octanol–water partition coefficient (Wildman–Crippen LogP) is 3.70. The number of nitrogens with zero attached hydrogens (tertiary/aromatic N) is 2. The van der Waals surface area contributed by atoms with E-state index in [-0.39, 0.29) is 11.6 Å². The van der Waals surface area contributed by atoms with Crippen LogP contribution >= 0.6 is 0 Å². The average Bonchev–Trinajstić information content (AvgIpc) is 2.55. The van der Waals surface area contributed by atoms with Gasteiger partial charge in [0.25, 0.3) is 11.6 Å². The molecule has 0 spiro atoms. The van der Waals surface area contributed by atoms with Crippen molar-refractivity contribution in [2.45, 2.75) is 6.92 Å². The summed E-state index contributed by atoms with van der Waals surface area (Å²) < 4.78 is 0. The molecule has 0 saturated heterocycles. The van der Waals surface area contributed by atoms with Crippen molar-refractivity contribution in [3.8, 4) is 0 Å². The number of benzene rings is 2. The molecule has 2 aromatic carbocycles. The van der Waals surface area contributed by atoms with Crippen LogP contribution in [0, 0.1) is 17.0 Å². The lowest BCUT2D eigenvalue weighted by atomic mass is 10.1. The minimum absolute atomic E-state index is 0.0288. The Kier molecular flexibility index (Phi) is 3.72. The van der Waals surface area contributed by atoms with Gasteiger partial charge in [0.1, 0.15) is 0 Å². The second-order valence-electron chi connectivity index (χ2n) is 5.09. The van der Waals surface area contributed by atoms with Crippen molar-refractivity contribution < 1.29 is 9.72 Å². The van der Waals surface area contributed by atoms with Crippen LogP contribution in [-0.2, 0) is 0 Å². The smallest absolute Gasteiger partial charge is 0.274 e. The van der Waals surface area contributed by atoms with Crippen LogP contribution in [-0.4, -0.2) is 15.8 Å². The quantitative estimate of drug-likeness (QED) is 0.590. The van der Waals surface area contributed by atoms with Crippen LogP contribution in [0.1, 0.15) is 15.9 Å². The number of carbonyl (C=O) groups excluding carboxylic acids is 1. The van der Waals surface area contributed by atoms with Crippen molar-refractivity contribution in [3.63, 3.8) is 0 Å². The topological polar surface area (TPSA) is 85.1 Å². The molecule has 0 aliphatic heterocycles. The Hall–Kier alpha value is -3.28. The molecule has 3 rings (SSSR count). The van der Waals surface area contributed by atoms with Crippen LogP contribution in [0.2, 0.25) is 0 Å². The van der Waals surface area contributed by atoms with Gasteiger partial charge in [-0.1, -0.05) is 24.3 Å². The van der Waals surface area contributed by atoms with Crippen LogP contribution in [0.3, 0.4) is 0 Å². The molecule has 0 aliphatic rings. The van der Waals surface area contributed by atoms with Gasteiger partial charge < -0.3 is 5.32 Å². The van der Waals surface area contributed by atoms with Crippen molar-refractivity contribution in [3.05, 3.63) is 76.0 Å². The first-order chi connectivity index (χ1) is 11.1. The van der Waals surface area contributed by atoms with Crippen LogP contribution in [0.5, 0.6) is 0 Å². The third-order valence-corrected chi connectivity index (χ3v) is 3.54. The van der Waals surface area contributed by atoms with Gasteiger partial charge in [0.2, 0.25) is 0 Å². The first kappa shape index (κ1) is 14.6. The summed E-state index contributed by atoms with van der Waals surface area (Å²) in [6, 6.07) is 13.6. The van der Waals surface area contributed by atoms with Gasteiger partial charge >= 0.3 is 0 Å². The largest absolute Gasteiger partial charge is 0.322 e. The van der Waals surface area contributed by atoms with Gasteiger partial charge in [-0.05, 0) is 25.1 Å². The van der Waals surface area contributed by atoms with E-state index in [9.17, 15) is 14.9 Å². The maximum Gasteiger partial charge on any atom is 0.274 e. The minimum atomic E-state index is -0.468. The van der Waals surface area contributed by atoms with Crippen molar-refractivity contribution in [2.24, 2.45) is 0 Å². The molecule has 0 atom stereocenters. The zero-order valence-corrected chi connectivity index (χ0v) is 12.3. The van der Waals surface area contributed by atoms with Gasteiger partial charge in [0.15, 0.2) is 0 Å². The predicted molar refractivity (Wildman–Crippen MR) is 87.5 cm³/mol. The van der Waals surface area contributed by atoms with Crippen LogP contribution in [0.4, 0.5) is 11.4 Å². The van der Waals surface area contributed by atoms with E-state index in [0.29, 0.717) is 22.3 Å². The van der Waals surface area contributed by atoms with Crippen LogP contribution in [0.25, 0.3) is 10.9 Å². The summed E-state index contributed by atoms with van der Waals surface area (Å²) >= 11 is 0. The Labute approximate surface area is 131 Å². The molecule has 0 aliphatic carbocycles. The molecular weight excluding hydrogens is 294 g/mol. The number of hydrogen-bond acceptors (Lipinski definition) is 4. The summed E-state index contributed by atoms with van der Waals surface area (Å²) in [5.74, 6) is -0.354.